The molecule has 1 aromatic rings. The zero-order valence-electron chi connectivity index (χ0n) is 15.5. The predicted molar refractivity (Wildman–Crippen MR) is 97.5 cm³/mol. The summed E-state index contributed by atoms with van der Waals surface area (Å²) in [4.78, 5) is 14.5. The molecular weight excluding hydrogens is 316 g/mol. The number of carbonyl (C=O) groups excluding carboxylic acids is 1. The first kappa shape index (κ1) is 18.2. The van der Waals surface area contributed by atoms with E-state index in [0.29, 0.717) is 19.1 Å². The number of nitrogens with zero attached hydrogens (tertiary/aromatic N) is 1. The van der Waals surface area contributed by atoms with Crippen LogP contribution in [0.1, 0.15) is 45.1 Å². The molecule has 5 heteroatoms. The highest BCUT2D eigenvalue weighted by Gasteiger charge is 2.41. The van der Waals surface area contributed by atoms with E-state index in [4.69, 9.17) is 9.47 Å². The first-order valence-corrected chi connectivity index (χ1v) is 9.38. The highest BCUT2D eigenvalue weighted by Crippen LogP contribution is 2.35. The SMILES string of the molecule is C[C@@H](NC(=O)N1CCC(C2(C)OCCO2)CC1)[C@@H](C)c1ccccc1. The number of hydrogen-bond acceptors (Lipinski definition) is 3. The van der Waals surface area contributed by atoms with E-state index in [1.165, 1.54) is 5.56 Å². The fourth-order valence-corrected chi connectivity index (χ4v) is 3.83. The number of amides is 2. The van der Waals surface area contributed by atoms with E-state index in [1.54, 1.807) is 0 Å². The van der Waals surface area contributed by atoms with E-state index < -0.39 is 5.79 Å². The monoisotopic (exact) mass is 346 g/mol. The van der Waals surface area contributed by atoms with Gasteiger partial charge >= 0.3 is 6.03 Å². The molecule has 0 saturated carbocycles. The summed E-state index contributed by atoms with van der Waals surface area (Å²) in [5.41, 5.74) is 1.25. The Balaban J connectivity index is 1.49. The number of benzene rings is 1. The van der Waals surface area contributed by atoms with Crippen molar-refractivity contribution in [3.8, 4) is 0 Å². The molecule has 2 fully saturated rings. The number of piperidine rings is 1. The summed E-state index contributed by atoms with van der Waals surface area (Å²) in [6, 6.07) is 10.4. The van der Waals surface area contributed by atoms with Crippen molar-refractivity contribution in [1.29, 1.82) is 0 Å². The van der Waals surface area contributed by atoms with Gasteiger partial charge in [-0.2, -0.15) is 0 Å². The van der Waals surface area contributed by atoms with Gasteiger partial charge < -0.3 is 19.7 Å². The van der Waals surface area contributed by atoms with E-state index in [-0.39, 0.29) is 18.0 Å². The standard InChI is InChI=1S/C20H30N2O3/c1-15(17-7-5-4-6-8-17)16(2)21-19(23)22-11-9-18(10-12-22)20(3)24-13-14-25-20/h4-8,15-16,18H,9-14H2,1-3H3,(H,21,23)/t15-,16-/m1/s1. The Morgan fingerprint density at radius 1 is 1.16 bits per heavy atom. The summed E-state index contributed by atoms with van der Waals surface area (Å²) in [6.45, 7) is 9.12. The van der Waals surface area contributed by atoms with Crippen LogP contribution in [0.2, 0.25) is 0 Å². The Labute approximate surface area is 150 Å². The van der Waals surface area contributed by atoms with Crippen molar-refractivity contribution in [3.63, 3.8) is 0 Å². The molecule has 2 heterocycles. The molecule has 2 aliphatic heterocycles. The average molecular weight is 346 g/mol. The maximum absolute atomic E-state index is 12.6. The first-order chi connectivity index (χ1) is 12.0. The van der Waals surface area contributed by atoms with Gasteiger partial charge in [-0.15, -0.1) is 0 Å². The molecule has 0 aliphatic carbocycles. The van der Waals surface area contributed by atoms with Gasteiger partial charge in [0.05, 0.1) is 13.2 Å². The smallest absolute Gasteiger partial charge is 0.317 e. The summed E-state index contributed by atoms with van der Waals surface area (Å²) in [7, 11) is 0. The number of carbonyl (C=O) groups is 1. The van der Waals surface area contributed by atoms with Gasteiger partial charge in [0.15, 0.2) is 5.79 Å². The van der Waals surface area contributed by atoms with Crippen molar-refractivity contribution >= 4 is 6.03 Å². The van der Waals surface area contributed by atoms with Crippen LogP contribution < -0.4 is 5.32 Å². The van der Waals surface area contributed by atoms with Crippen molar-refractivity contribution in [2.75, 3.05) is 26.3 Å². The van der Waals surface area contributed by atoms with Crippen LogP contribution in [0.3, 0.4) is 0 Å². The Morgan fingerprint density at radius 2 is 1.76 bits per heavy atom. The lowest BCUT2D eigenvalue weighted by Gasteiger charge is -2.39. The van der Waals surface area contributed by atoms with Gasteiger partial charge in [0.2, 0.25) is 0 Å². The average Bonchev–Trinajstić information content (AvgIpc) is 3.09. The van der Waals surface area contributed by atoms with Gasteiger partial charge in [0.25, 0.3) is 0 Å². The quantitative estimate of drug-likeness (QED) is 0.909. The molecule has 1 N–H and O–H groups in total. The molecule has 0 aromatic heterocycles. The van der Waals surface area contributed by atoms with Gasteiger partial charge in [0.1, 0.15) is 0 Å². The van der Waals surface area contributed by atoms with Crippen LogP contribution in [0.25, 0.3) is 0 Å². The molecule has 0 bridgehead atoms. The van der Waals surface area contributed by atoms with Crippen LogP contribution in [0, 0.1) is 5.92 Å². The fraction of sp³-hybridized carbons (Fsp3) is 0.650. The predicted octanol–water partition coefficient (Wildman–Crippen LogP) is 3.36. The number of urea groups is 1. The lowest BCUT2D eigenvalue weighted by atomic mass is 9.89. The maximum atomic E-state index is 12.6. The zero-order valence-corrected chi connectivity index (χ0v) is 15.5. The van der Waals surface area contributed by atoms with Crippen LogP contribution in [0.4, 0.5) is 4.79 Å². The van der Waals surface area contributed by atoms with Crippen LogP contribution in [0.5, 0.6) is 0 Å². The molecule has 2 atom stereocenters. The molecule has 2 amide bonds. The number of ether oxygens (including phenoxy) is 2. The number of nitrogens with one attached hydrogen (secondary N) is 1. The van der Waals surface area contributed by atoms with Gasteiger partial charge in [-0.3, -0.25) is 0 Å². The molecule has 2 aliphatic rings. The van der Waals surface area contributed by atoms with Crippen molar-refractivity contribution in [3.05, 3.63) is 35.9 Å². The summed E-state index contributed by atoms with van der Waals surface area (Å²) < 4.78 is 11.6. The van der Waals surface area contributed by atoms with Crippen LogP contribution >= 0.6 is 0 Å². The Hall–Kier alpha value is -1.59. The minimum atomic E-state index is -0.461. The number of rotatable bonds is 4. The lowest BCUT2D eigenvalue weighted by molar-refractivity contribution is -0.189. The molecule has 0 unspecified atom stereocenters. The van der Waals surface area contributed by atoms with Crippen molar-refractivity contribution in [2.24, 2.45) is 5.92 Å². The second-order valence-electron chi connectivity index (χ2n) is 7.41. The lowest BCUT2D eigenvalue weighted by Crippen LogP contribution is -2.51. The first-order valence-electron chi connectivity index (χ1n) is 9.38. The van der Waals surface area contributed by atoms with Crippen LogP contribution in [-0.2, 0) is 9.47 Å². The number of hydrogen-bond donors (Lipinski definition) is 1. The van der Waals surface area contributed by atoms with Crippen molar-refractivity contribution < 1.29 is 14.3 Å². The molecule has 5 nitrogen and oxygen atoms in total. The van der Waals surface area contributed by atoms with Crippen molar-refractivity contribution in [1.82, 2.24) is 10.2 Å². The van der Waals surface area contributed by atoms with Crippen LogP contribution in [0.15, 0.2) is 30.3 Å². The molecule has 25 heavy (non-hydrogen) atoms. The molecule has 3 rings (SSSR count). The molecule has 1 aromatic carbocycles. The second kappa shape index (κ2) is 7.75. The van der Waals surface area contributed by atoms with Gasteiger partial charge in [-0.25, -0.2) is 4.79 Å². The largest absolute Gasteiger partial charge is 0.348 e. The Morgan fingerprint density at radius 3 is 2.36 bits per heavy atom. The highest BCUT2D eigenvalue weighted by atomic mass is 16.7. The maximum Gasteiger partial charge on any atom is 0.317 e. The summed E-state index contributed by atoms with van der Waals surface area (Å²) in [5, 5.41) is 3.17. The summed E-state index contributed by atoms with van der Waals surface area (Å²) in [5.74, 6) is 0.180. The van der Waals surface area contributed by atoms with Gasteiger partial charge in [-0.05, 0) is 32.3 Å². The summed E-state index contributed by atoms with van der Waals surface area (Å²) in [6.07, 6.45) is 1.85. The fourth-order valence-electron chi connectivity index (χ4n) is 3.83. The van der Waals surface area contributed by atoms with Crippen molar-refractivity contribution in [2.45, 2.75) is 51.4 Å². The molecule has 2 saturated heterocycles. The van der Waals surface area contributed by atoms with Gasteiger partial charge in [-0.1, -0.05) is 37.3 Å². The molecule has 138 valence electrons. The molecule has 0 spiro atoms. The van der Waals surface area contributed by atoms with Gasteiger partial charge in [0, 0.05) is 31.0 Å². The topological polar surface area (TPSA) is 50.8 Å². The minimum Gasteiger partial charge on any atom is -0.348 e. The normalized spacial score (nSPS) is 23.2. The third-order valence-corrected chi connectivity index (χ3v) is 5.81. The minimum absolute atomic E-state index is 0.0344. The third kappa shape index (κ3) is 4.15. The highest BCUT2D eigenvalue weighted by molar-refractivity contribution is 5.74. The van der Waals surface area contributed by atoms with E-state index in [2.05, 4.69) is 31.3 Å². The summed E-state index contributed by atoms with van der Waals surface area (Å²) >= 11 is 0. The Bertz CT molecular complexity index is 564. The molecule has 0 radical (unpaired) electrons. The third-order valence-electron chi connectivity index (χ3n) is 5.81. The van der Waals surface area contributed by atoms with E-state index >= 15 is 0 Å². The molecular formula is C20H30N2O3. The number of likely N-dealkylation sites (tertiary alicyclic amines) is 1. The van der Waals surface area contributed by atoms with E-state index in [1.807, 2.05) is 30.0 Å². The van der Waals surface area contributed by atoms with Crippen LogP contribution in [-0.4, -0.2) is 49.1 Å². The van der Waals surface area contributed by atoms with E-state index in [0.717, 1.165) is 25.9 Å². The zero-order chi connectivity index (χ0) is 17.9. The van der Waals surface area contributed by atoms with E-state index in [9.17, 15) is 4.79 Å². The Kier molecular flexibility index (Phi) is 5.64. The second-order valence-corrected chi connectivity index (χ2v) is 7.41.